The second-order valence-electron chi connectivity index (χ2n) is 7.76. The van der Waals surface area contributed by atoms with Crippen LogP contribution in [-0.4, -0.2) is 45.3 Å². The molecule has 1 atom stereocenters. The first-order valence-corrected chi connectivity index (χ1v) is 11.8. The summed E-state index contributed by atoms with van der Waals surface area (Å²) in [5.41, 5.74) is 3.04. The highest BCUT2D eigenvalue weighted by atomic mass is 32.2. The summed E-state index contributed by atoms with van der Waals surface area (Å²) in [6.07, 6.45) is 0.202. The van der Waals surface area contributed by atoms with Gasteiger partial charge in [-0.05, 0) is 68.7 Å². The Bertz CT molecular complexity index is 1140. The van der Waals surface area contributed by atoms with Crippen LogP contribution in [0.4, 0.5) is 5.69 Å². The quantitative estimate of drug-likeness (QED) is 0.481. The Morgan fingerprint density at radius 2 is 1.78 bits per heavy atom. The molecule has 0 bridgehead atoms. The van der Waals surface area contributed by atoms with Crippen molar-refractivity contribution in [3.05, 3.63) is 59.2 Å². The van der Waals surface area contributed by atoms with Gasteiger partial charge in [-0.3, -0.25) is 14.4 Å². The number of carbonyl (C=O) groups excluding carboxylic acids is 3. The summed E-state index contributed by atoms with van der Waals surface area (Å²) >= 11 is 0. The summed E-state index contributed by atoms with van der Waals surface area (Å²) in [6.45, 7) is 5.25. The molecule has 0 spiro atoms. The van der Waals surface area contributed by atoms with E-state index in [4.69, 9.17) is 4.74 Å². The molecule has 32 heavy (non-hydrogen) atoms. The minimum absolute atomic E-state index is 0.00550. The van der Waals surface area contributed by atoms with Crippen LogP contribution >= 0.6 is 0 Å². The lowest BCUT2D eigenvalue weighted by atomic mass is 10.0. The molecule has 3 rings (SSSR count). The number of anilines is 1. The first-order chi connectivity index (χ1) is 15.1. The summed E-state index contributed by atoms with van der Waals surface area (Å²) in [7, 11) is -3.97. The average Bonchev–Trinajstić information content (AvgIpc) is 3.19. The fourth-order valence-corrected chi connectivity index (χ4v) is 4.35. The minimum Gasteiger partial charge on any atom is -0.453 e. The van der Waals surface area contributed by atoms with Crippen LogP contribution in [0.1, 0.15) is 41.3 Å². The van der Waals surface area contributed by atoms with E-state index in [9.17, 15) is 22.8 Å². The van der Waals surface area contributed by atoms with E-state index < -0.39 is 28.6 Å². The Hall–Kier alpha value is -3.04. The maximum atomic E-state index is 12.5. The number of nitrogens with zero attached hydrogens (tertiary/aromatic N) is 1. The lowest BCUT2D eigenvalue weighted by Gasteiger charge is -2.16. The lowest BCUT2D eigenvalue weighted by molar-refractivity contribution is -0.144. The Kier molecular flexibility index (Phi) is 7.10. The second kappa shape index (κ2) is 9.62. The highest BCUT2D eigenvalue weighted by molar-refractivity contribution is 7.89. The molecule has 2 aromatic rings. The van der Waals surface area contributed by atoms with Crippen molar-refractivity contribution in [1.29, 1.82) is 0 Å². The third kappa shape index (κ3) is 5.41. The van der Waals surface area contributed by atoms with Crippen molar-refractivity contribution in [3.8, 4) is 0 Å². The first kappa shape index (κ1) is 23.6. The number of hydrogen-bond acceptors (Lipinski definition) is 6. The zero-order valence-electron chi connectivity index (χ0n) is 18.3. The molecule has 170 valence electrons. The van der Waals surface area contributed by atoms with Gasteiger partial charge < -0.3 is 9.64 Å². The molecule has 1 heterocycles. The van der Waals surface area contributed by atoms with Crippen LogP contribution < -0.4 is 9.62 Å². The van der Waals surface area contributed by atoms with Crippen molar-refractivity contribution in [1.82, 2.24) is 4.72 Å². The molecule has 1 saturated heterocycles. The van der Waals surface area contributed by atoms with Gasteiger partial charge in [0.05, 0.1) is 4.90 Å². The summed E-state index contributed by atoms with van der Waals surface area (Å²) in [4.78, 5) is 38.0. The van der Waals surface area contributed by atoms with Gasteiger partial charge >= 0.3 is 5.97 Å². The van der Waals surface area contributed by atoms with Gasteiger partial charge in [-0.1, -0.05) is 12.1 Å². The van der Waals surface area contributed by atoms with E-state index in [-0.39, 0.29) is 16.6 Å². The number of aryl methyl sites for hydroxylation is 2. The standard InChI is InChI=1S/C23H26N2O6S/c1-15-6-7-18(13-16(15)2)23(28)17(3)31-22(27)14-24-32(29,30)20-10-8-19(9-11-20)25-12-4-5-21(25)26/h6-11,13,17,24H,4-5,12,14H2,1-3H3. The smallest absolute Gasteiger partial charge is 0.321 e. The van der Waals surface area contributed by atoms with Crippen LogP contribution in [0.2, 0.25) is 0 Å². The van der Waals surface area contributed by atoms with Crippen LogP contribution in [0.15, 0.2) is 47.4 Å². The fraction of sp³-hybridized carbons (Fsp3) is 0.348. The van der Waals surface area contributed by atoms with E-state index in [0.29, 0.717) is 24.2 Å². The number of nitrogens with one attached hydrogen (secondary N) is 1. The molecule has 1 N–H and O–H groups in total. The van der Waals surface area contributed by atoms with E-state index in [0.717, 1.165) is 17.5 Å². The minimum atomic E-state index is -3.97. The topological polar surface area (TPSA) is 110 Å². The molecule has 2 aromatic carbocycles. The summed E-state index contributed by atoms with van der Waals surface area (Å²) in [5, 5.41) is 0. The maximum absolute atomic E-state index is 12.5. The molecule has 1 aliphatic rings. The van der Waals surface area contributed by atoms with Crippen molar-refractivity contribution in [2.24, 2.45) is 0 Å². The second-order valence-corrected chi connectivity index (χ2v) is 9.53. The van der Waals surface area contributed by atoms with Gasteiger partial charge in [0, 0.05) is 24.2 Å². The molecule has 8 nitrogen and oxygen atoms in total. The zero-order chi connectivity index (χ0) is 23.5. The van der Waals surface area contributed by atoms with E-state index in [1.54, 1.807) is 29.2 Å². The maximum Gasteiger partial charge on any atom is 0.321 e. The molecular weight excluding hydrogens is 432 g/mol. The van der Waals surface area contributed by atoms with E-state index in [2.05, 4.69) is 4.72 Å². The highest BCUT2D eigenvalue weighted by Gasteiger charge is 2.24. The third-order valence-electron chi connectivity index (χ3n) is 5.41. The lowest BCUT2D eigenvalue weighted by Crippen LogP contribution is -2.34. The van der Waals surface area contributed by atoms with Gasteiger partial charge in [-0.25, -0.2) is 8.42 Å². The van der Waals surface area contributed by atoms with Gasteiger partial charge in [-0.15, -0.1) is 0 Å². The fourth-order valence-electron chi connectivity index (χ4n) is 3.39. The molecule has 1 fully saturated rings. The van der Waals surface area contributed by atoms with Crippen molar-refractivity contribution < 1.29 is 27.5 Å². The number of ether oxygens (including phenoxy) is 1. The van der Waals surface area contributed by atoms with Crippen LogP contribution in [-0.2, 0) is 24.3 Å². The van der Waals surface area contributed by atoms with Gasteiger partial charge in [-0.2, -0.15) is 4.72 Å². The number of ketones is 1. The molecule has 0 saturated carbocycles. The predicted octanol–water partition coefficient (Wildman–Crippen LogP) is 2.52. The third-order valence-corrected chi connectivity index (χ3v) is 6.82. The molecule has 1 amide bonds. The van der Waals surface area contributed by atoms with Gasteiger partial charge in [0.2, 0.25) is 21.7 Å². The van der Waals surface area contributed by atoms with Gasteiger partial charge in [0.1, 0.15) is 6.54 Å². The van der Waals surface area contributed by atoms with Crippen LogP contribution in [0.25, 0.3) is 0 Å². The van der Waals surface area contributed by atoms with Crippen molar-refractivity contribution in [2.45, 2.75) is 44.6 Å². The van der Waals surface area contributed by atoms with E-state index in [1.807, 2.05) is 19.9 Å². The Labute approximate surface area is 187 Å². The number of esters is 1. The SMILES string of the molecule is Cc1ccc(C(=O)C(C)OC(=O)CNS(=O)(=O)c2ccc(N3CCCC3=O)cc2)cc1C. The van der Waals surface area contributed by atoms with Crippen LogP contribution in [0.3, 0.4) is 0 Å². The average molecular weight is 459 g/mol. The molecule has 9 heteroatoms. The number of rotatable bonds is 8. The number of Topliss-reactive ketones (excluding diaryl/α,β-unsaturated/α-hetero) is 1. The van der Waals surface area contributed by atoms with Gasteiger partial charge in [0.15, 0.2) is 6.10 Å². The largest absolute Gasteiger partial charge is 0.453 e. The number of sulfonamides is 1. The normalized spacial score (nSPS) is 15.0. The highest BCUT2D eigenvalue weighted by Crippen LogP contribution is 2.23. The Morgan fingerprint density at radius 3 is 2.38 bits per heavy atom. The molecule has 0 aliphatic carbocycles. The molecular formula is C23H26N2O6S. The molecule has 1 aliphatic heterocycles. The van der Waals surface area contributed by atoms with Crippen molar-refractivity contribution >= 4 is 33.4 Å². The molecule has 0 aromatic heterocycles. The summed E-state index contributed by atoms with van der Waals surface area (Å²) < 4.78 is 32.2. The summed E-state index contributed by atoms with van der Waals surface area (Å²) in [6, 6.07) is 11.1. The monoisotopic (exact) mass is 458 g/mol. The van der Waals surface area contributed by atoms with Gasteiger partial charge in [0.25, 0.3) is 0 Å². The van der Waals surface area contributed by atoms with Crippen molar-refractivity contribution in [3.63, 3.8) is 0 Å². The number of hydrogen-bond donors (Lipinski definition) is 1. The van der Waals surface area contributed by atoms with Crippen LogP contribution in [0, 0.1) is 13.8 Å². The molecule has 0 radical (unpaired) electrons. The van der Waals surface area contributed by atoms with E-state index >= 15 is 0 Å². The van der Waals surface area contributed by atoms with E-state index in [1.165, 1.54) is 19.1 Å². The number of amides is 1. The summed E-state index contributed by atoms with van der Waals surface area (Å²) in [5.74, 6) is -1.22. The number of carbonyl (C=O) groups is 3. The Balaban J connectivity index is 1.56. The van der Waals surface area contributed by atoms with Crippen LogP contribution in [0.5, 0.6) is 0 Å². The molecule has 1 unspecified atom stereocenters. The predicted molar refractivity (Wildman–Crippen MR) is 119 cm³/mol. The Morgan fingerprint density at radius 1 is 1.09 bits per heavy atom. The zero-order valence-corrected chi connectivity index (χ0v) is 19.1. The van der Waals surface area contributed by atoms with Crippen molar-refractivity contribution in [2.75, 3.05) is 18.0 Å². The first-order valence-electron chi connectivity index (χ1n) is 10.3. The number of benzene rings is 2.